The first-order valence-corrected chi connectivity index (χ1v) is 7.47. The minimum absolute atomic E-state index is 0.120. The molecule has 1 unspecified atom stereocenters. The molecule has 0 saturated carbocycles. The monoisotopic (exact) mass is 312 g/mol. The number of carbonyl (C=O) groups is 2. The number of benzene rings is 2. The standard InChI is InChI=1S/C18H17FN2O2/c1-13-10-20(12-22)16-8-4-5-9-17(16)21(18(13)23)11-14-6-2-3-7-15(14)19/h2-9,12-13H,10-11H2,1H3. The number of carbonyl (C=O) groups excluding carboxylic acids is 2. The quantitative estimate of drug-likeness (QED) is 0.818. The first-order chi connectivity index (χ1) is 11.1. The van der Waals surface area contributed by atoms with E-state index in [0.717, 1.165) is 6.41 Å². The van der Waals surface area contributed by atoms with Gasteiger partial charge in [0.1, 0.15) is 5.82 Å². The molecule has 0 spiro atoms. The van der Waals surface area contributed by atoms with Gasteiger partial charge in [-0.05, 0) is 18.2 Å². The van der Waals surface area contributed by atoms with Gasteiger partial charge in [-0.25, -0.2) is 4.39 Å². The molecule has 0 aromatic heterocycles. The van der Waals surface area contributed by atoms with Crippen molar-refractivity contribution in [2.45, 2.75) is 13.5 Å². The van der Waals surface area contributed by atoms with Crippen LogP contribution < -0.4 is 9.80 Å². The first kappa shape index (κ1) is 15.2. The molecular weight excluding hydrogens is 295 g/mol. The Hall–Kier alpha value is -2.69. The number of hydrogen-bond acceptors (Lipinski definition) is 2. The summed E-state index contributed by atoms with van der Waals surface area (Å²) < 4.78 is 14.0. The van der Waals surface area contributed by atoms with Gasteiger partial charge in [-0.1, -0.05) is 37.3 Å². The van der Waals surface area contributed by atoms with E-state index in [1.807, 2.05) is 6.07 Å². The molecule has 4 nitrogen and oxygen atoms in total. The normalized spacial score (nSPS) is 17.7. The van der Waals surface area contributed by atoms with Gasteiger partial charge in [-0.2, -0.15) is 0 Å². The fraction of sp³-hybridized carbons (Fsp3) is 0.222. The second-order valence-corrected chi connectivity index (χ2v) is 5.66. The van der Waals surface area contributed by atoms with Gasteiger partial charge in [0.25, 0.3) is 0 Å². The van der Waals surface area contributed by atoms with Crippen molar-refractivity contribution in [1.82, 2.24) is 0 Å². The summed E-state index contributed by atoms with van der Waals surface area (Å²) in [6.45, 7) is 2.23. The van der Waals surface area contributed by atoms with Crippen LogP contribution in [0.4, 0.5) is 15.8 Å². The highest BCUT2D eigenvalue weighted by Crippen LogP contribution is 2.34. The van der Waals surface area contributed by atoms with Crippen molar-refractivity contribution in [3.8, 4) is 0 Å². The molecule has 0 N–H and O–H groups in total. The molecule has 2 aromatic rings. The van der Waals surface area contributed by atoms with Crippen molar-refractivity contribution in [2.75, 3.05) is 16.3 Å². The number of rotatable bonds is 3. The SMILES string of the molecule is CC1CN(C=O)c2ccccc2N(Cc2ccccc2F)C1=O. The number of para-hydroxylation sites is 2. The zero-order valence-corrected chi connectivity index (χ0v) is 12.8. The molecule has 1 aliphatic heterocycles. The molecule has 2 amide bonds. The van der Waals surface area contributed by atoms with E-state index >= 15 is 0 Å². The van der Waals surface area contributed by atoms with Crippen LogP contribution in [0.25, 0.3) is 0 Å². The van der Waals surface area contributed by atoms with E-state index in [2.05, 4.69) is 0 Å². The Morgan fingerprint density at radius 1 is 1.13 bits per heavy atom. The minimum atomic E-state index is -0.362. The number of amides is 2. The van der Waals surface area contributed by atoms with Crippen LogP contribution in [0.1, 0.15) is 12.5 Å². The van der Waals surface area contributed by atoms with Crippen molar-refractivity contribution in [3.63, 3.8) is 0 Å². The largest absolute Gasteiger partial charge is 0.312 e. The summed E-state index contributed by atoms with van der Waals surface area (Å²) in [7, 11) is 0. The molecule has 1 aliphatic rings. The van der Waals surface area contributed by atoms with Gasteiger partial charge >= 0.3 is 0 Å². The van der Waals surface area contributed by atoms with E-state index in [-0.39, 0.29) is 24.2 Å². The zero-order chi connectivity index (χ0) is 16.4. The number of nitrogens with zero attached hydrogens (tertiary/aromatic N) is 2. The van der Waals surface area contributed by atoms with Crippen molar-refractivity contribution in [2.24, 2.45) is 5.92 Å². The molecule has 0 aliphatic carbocycles. The van der Waals surface area contributed by atoms with Crippen LogP contribution >= 0.6 is 0 Å². The number of halogens is 1. The van der Waals surface area contributed by atoms with Crippen molar-refractivity contribution in [1.29, 1.82) is 0 Å². The summed E-state index contributed by atoms with van der Waals surface area (Å²) in [4.78, 5) is 27.2. The molecule has 0 saturated heterocycles. The van der Waals surface area contributed by atoms with Crippen LogP contribution in [0.3, 0.4) is 0 Å². The number of anilines is 2. The van der Waals surface area contributed by atoms with Gasteiger partial charge in [0.15, 0.2) is 0 Å². The molecule has 1 heterocycles. The second-order valence-electron chi connectivity index (χ2n) is 5.66. The molecule has 0 radical (unpaired) electrons. The highest BCUT2D eigenvalue weighted by atomic mass is 19.1. The van der Waals surface area contributed by atoms with Crippen LogP contribution in [0.5, 0.6) is 0 Å². The van der Waals surface area contributed by atoms with Crippen molar-refractivity contribution in [3.05, 3.63) is 59.9 Å². The predicted molar refractivity (Wildman–Crippen MR) is 86.6 cm³/mol. The second kappa shape index (κ2) is 6.20. The molecule has 1 atom stereocenters. The molecule has 2 aromatic carbocycles. The molecule has 3 rings (SSSR count). The van der Waals surface area contributed by atoms with Gasteiger partial charge < -0.3 is 9.80 Å². The van der Waals surface area contributed by atoms with E-state index < -0.39 is 0 Å². The lowest BCUT2D eigenvalue weighted by atomic mass is 10.1. The van der Waals surface area contributed by atoms with Crippen LogP contribution in [-0.2, 0) is 16.1 Å². The van der Waals surface area contributed by atoms with E-state index in [1.54, 1.807) is 48.2 Å². The maximum Gasteiger partial charge on any atom is 0.232 e. The maximum atomic E-state index is 14.0. The molecule has 118 valence electrons. The lowest BCUT2D eigenvalue weighted by Crippen LogP contribution is -2.36. The van der Waals surface area contributed by atoms with Gasteiger partial charge in [-0.3, -0.25) is 9.59 Å². The summed E-state index contributed by atoms with van der Waals surface area (Å²) in [6.07, 6.45) is 0.731. The third-order valence-corrected chi connectivity index (χ3v) is 4.05. The molecular formula is C18H17FN2O2. The highest BCUT2D eigenvalue weighted by molar-refractivity contribution is 6.02. The van der Waals surface area contributed by atoms with E-state index in [0.29, 0.717) is 23.5 Å². The van der Waals surface area contributed by atoms with Crippen molar-refractivity contribution < 1.29 is 14.0 Å². The molecule has 23 heavy (non-hydrogen) atoms. The Morgan fingerprint density at radius 2 is 1.78 bits per heavy atom. The highest BCUT2D eigenvalue weighted by Gasteiger charge is 2.31. The maximum absolute atomic E-state index is 14.0. The third-order valence-electron chi connectivity index (χ3n) is 4.05. The Kier molecular flexibility index (Phi) is 4.10. The summed E-state index contributed by atoms with van der Waals surface area (Å²) in [6, 6.07) is 13.6. The summed E-state index contributed by atoms with van der Waals surface area (Å²) >= 11 is 0. The lowest BCUT2D eigenvalue weighted by Gasteiger charge is -2.24. The average molecular weight is 312 g/mol. The van der Waals surface area contributed by atoms with Crippen LogP contribution in [0, 0.1) is 11.7 Å². The van der Waals surface area contributed by atoms with E-state index in [4.69, 9.17) is 0 Å². The fourth-order valence-corrected chi connectivity index (χ4v) is 2.85. The zero-order valence-electron chi connectivity index (χ0n) is 12.8. The first-order valence-electron chi connectivity index (χ1n) is 7.47. The smallest absolute Gasteiger partial charge is 0.232 e. The van der Waals surface area contributed by atoms with Crippen LogP contribution in [0.15, 0.2) is 48.5 Å². The van der Waals surface area contributed by atoms with Gasteiger partial charge in [-0.15, -0.1) is 0 Å². The molecule has 0 fully saturated rings. The summed E-state index contributed by atoms with van der Waals surface area (Å²) in [5.41, 5.74) is 1.73. The minimum Gasteiger partial charge on any atom is -0.312 e. The lowest BCUT2D eigenvalue weighted by molar-refractivity contribution is -0.121. The van der Waals surface area contributed by atoms with E-state index in [1.165, 1.54) is 11.0 Å². The summed E-state index contributed by atoms with van der Waals surface area (Å²) in [5, 5.41) is 0. The average Bonchev–Trinajstić information content (AvgIpc) is 2.67. The fourth-order valence-electron chi connectivity index (χ4n) is 2.85. The molecule has 0 bridgehead atoms. The van der Waals surface area contributed by atoms with Gasteiger partial charge in [0.2, 0.25) is 12.3 Å². The summed E-state index contributed by atoms with van der Waals surface area (Å²) in [5.74, 6) is -0.827. The third kappa shape index (κ3) is 2.82. The topological polar surface area (TPSA) is 40.6 Å². The number of fused-ring (bicyclic) bond motifs is 1. The Balaban J connectivity index is 2.07. The van der Waals surface area contributed by atoms with Crippen LogP contribution in [-0.4, -0.2) is 18.9 Å². The van der Waals surface area contributed by atoms with Crippen molar-refractivity contribution >= 4 is 23.7 Å². The molecule has 5 heteroatoms. The predicted octanol–water partition coefficient (Wildman–Crippen LogP) is 2.97. The Labute approximate surface area is 134 Å². The van der Waals surface area contributed by atoms with Gasteiger partial charge in [0, 0.05) is 12.1 Å². The number of hydrogen-bond donors (Lipinski definition) is 0. The van der Waals surface area contributed by atoms with Gasteiger partial charge in [0.05, 0.1) is 23.8 Å². The Morgan fingerprint density at radius 3 is 2.48 bits per heavy atom. The Bertz CT molecular complexity index is 747. The van der Waals surface area contributed by atoms with E-state index in [9.17, 15) is 14.0 Å². The van der Waals surface area contributed by atoms with Crippen LogP contribution in [0.2, 0.25) is 0 Å².